The summed E-state index contributed by atoms with van der Waals surface area (Å²) in [5.41, 5.74) is 8.27. The molecule has 1 fully saturated rings. The van der Waals surface area contributed by atoms with E-state index in [4.69, 9.17) is 10.2 Å². The maximum Gasteiger partial charge on any atom is 0.134 e. The number of nitrogens with two attached hydrogens (primary N) is 1. The van der Waals surface area contributed by atoms with E-state index in [1.165, 1.54) is 18.4 Å². The summed E-state index contributed by atoms with van der Waals surface area (Å²) in [6, 6.07) is 8.43. The van der Waals surface area contributed by atoms with Crippen LogP contribution >= 0.6 is 0 Å². The highest BCUT2D eigenvalue weighted by atomic mass is 16.3. The molecular formula is C12H13NO. The molecule has 1 aliphatic rings. The Morgan fingerprint density at radius 2 is 2.14 bits per heavy atom. The molecule has 3 rings (SSSR count). The lowest BCUT2D eigenvalue weighted by Crippen LogP contribution is -2.11. The molecule has 1 aromatic heterocycles. The summed E-state index contributed by atoms with van der Waals surface area (Å²) in [6.07, 6.45) is 4.27. The Labute approximate surface area is 82.7 Å². The number of fused-ring (bicyclic) bond motifs is 1. The second-order valence-electron chi connectivity index (χ2n) is 4.08. The van der Waals surface area contributed by atoms with Gasteiger partial charge in [-0.2, -0.15) is 0 Å². The molecular weight excluding hydrogens is 174 g/mol. The molecule has 0 aliphatic heterocycles. The Kier molecular flexibility index (Phi) is 1.64. The molecule has 1 aromatic carbocycles. The van der Waals surface area contributed by atoms with E-state index in [0.29, 0.717) is 5.92 Å². The van der Waals surface area contributed by atoms with E-state index in [1.54, 1.807) is 6.26 Å². The van der Waals surface area contributed by atoms with E-state index in [1.807, 2.05) is 6.07 Å². The standard InChI is InChI=1S/C12H13NO/c13-12(9-2-3-9)10-4-1-8-5-6-14-11(8)7-10/h1,4-7,9,12H,2-3,13H2/t12-/m1/s1. The summed E-state index contributed by atoms with van der Waals surface area (Å²) in [4.78, 5) is 0. The molecule has 1 atom stereocenters. The van der Waals surface area contributed by atoms with Gasteiger partial charge in [0.05, 0.1) is 6.26 Å². The second kappa shape index (κ2) is 2.85. The van der Waals surface area contributed by atoms with Gasteiger partial charge >= 0.3 is 0 Å². The topological polar surface area (TPSA) is 39.2 Å². The smallest absolute Gasteiger partial charge is 0.134 e. The molecule has 2 nitrogen and oxygen atoms in total. The van der Waals surface area contributed by atoms with Gasteiger partial charge < -0.3 is 10.2 Å². The first-order valence-electron chi connectivity index (χ1n) is 5.07. The van der Waals surface area contributed by atoms with Crippen molar-refractivity contribution >= 4 is 11.0 Å². The predicted molar refractivity (Wildman–Crippen MR) is 55.9 cm³/mol. The Morgan fingerprint density at radius 1 is 1.29 bits per heavy atom. The Hall–Kier alpha value is -1.28. The van der Waals surface area contributed by atoms with Gasteiger partial charge in [-0.15, -0.1) is 0 Å². The molecule has 2 heteroatoms. The van der Waals surface area contributed by atoms with Crippen LogP contribution in [0.5, 0.6) is 0 Å². The van der Waals surface area contributed by atoms with Gasteiger partial charge in [0.1, 0.15) is 5.58 Å². The van der Waals surface area contributed by atoms with Crippen LogP contribution < -0.4 is 5.73 Å². The van der Waals surface area contributed by atoms with Gasteiger partial charge in [0, 0.05) is 11.4 Å². The number of rotatable bonds is 2. The first kappa shape index (κ1) is 8.06. The van der Waals surface area contributed by atoms with Gasteiger partial charge in [-0.05, 0) is 36.5 Å². The molecule has 1 aliphatic carbocycles. The summed E-state index contributed by atoms with van der Waals surface area (Å²) in [7, 11) is 0. The summed E-state index contributed by atoms with van der Waals surface area (Å²) >= 11 is 0. The van der Waals surface area contributed by atoms with Crippen LogP contribution in [-0.2, 0) is 0 Å². The van der Waals surface area contributed by atoms with E-state index in [0.717, 1.165) is 11.0 Å². The van der Waals surface area contributed by atoms with Crippen LogP contribution in [-0.4, -0.2) is 0 Å². The minimum atomic E-state index is 0.199. The molecule has 0 spiro atoms. The van der Waals surface area contributed by atoms with Crippen LogP contribution in [0.4, 0.5) is 0 Å². The van der Waals surface area contributed by atoms with E-state index in [-0.39, 0.29) is 6.04 Å². The van der Waals surface area contributed by atoms with Gasteiger partial charge in [0.25, 0.3) is 0 Å². The van der Waals surface area contributed by atoms with Crippen LogP contribution in [0.1, 0.15) is 24.4 Å². The lowest BCUT2D eigenvalue weighted by atomic mass is 10.0. The summed E-state index contributed by atoms with van der Waals surface area (Å²) in [6.45, 7) is 0. The van der Waals surface area contributed by atoms with Crippen molar-refractivity contribution in [3.63, 3.8) is 0 Å². The Bertz CT molecular complexity index is 456. The third-order valence-electron chi connectivity index (χ3n) is 3.00. The number of hydrogen-bond acceptors (Lipinski definition) is 2. The third kappa shape index (κ3) is 1.23. The van der Waals surface area contributed by atoms with Crippen LogP contribution in [0, 0.1) is 5.92 Å². The second-order valence-corrected chi connectivity index (χ2v) is 4.08. The van der Waals surface area contributed by atoms with Crippen molar-refractivity contribution in [3.8, 4) is 0 Å². The Balaban J connectivity index is 2.03. The summed E-state index contributed by atoms with van der Waals surface area (Å²) in [5, 5.41) is 1.15. The maximum atomic E-state index is 6.12. The molecule has 14 heavy (non-hydrogen) atoms. The highest BCUT2D eigenvalue weighted by Gasteiger charge is 2.29. The molecule has 0 bridgehead atoms. The predicted octanol–water partition coefficient (Wildman–Crippen LogP) is 2.84. The fraction of sp³-hybridized carbons (Fsp3) is 0.333. The molecule has 0 saturated heterocycles. The summed E-state index contributed by atoms with van der Waals surface area (Å²) in [5.74, 6) is 0.697. The molecule has 72 valence electrons. The monoisotopic (exact) mass is 187 g/mol. The fourth-order valence-corrected chi connectivity index (χ4v) is 1.91. The molecule has 2 N–H and O–H groups in total. The number of furan rings is 1. The van der Waals surface area contributed by atoms with Crippen molar-refractivity contribution in [2.45, 2.75) is 18.9 Å². The normalized spacial score (nSPS) is 18.6. The van der Waals surface area contributed by atoms with Gasteiger partial charge in [-0.25, -0.2) is 0 Å². The van der Waals surface area contributed by atoms with Crippen molar-refractivity contribution in [1.82, 2.24) is 0 Å². The first-order chi connectivity index (χ1) is 6.84. The number of benzene rings is 1. The van der Waals surface area contributed by atoms with E-state index in [9.17, 15) is 0 Å². The number of hydrogen-bond donors (Lipinski definition) is 1. The highest BCUT2D eigenvalue weighted by Crippen LogP contribution is 2.39. The van der Waals surface area contributed by atoms with E-state index < -0.39 is 0 Å². The first-order valence-corrected chi connectivity index (χ1v) is 5.07. The average molecular weight is 187 g/mol. The van der Waals surface area contributed by atoms with Crippen molar-refractivity contribution in [3.05, 3.63) is 36.1 Å². The van der Waals surface area contributed by atoms with Crippen molar-refractivity contribution in [2.75, 3.05) is 0 Å². The molecule has 0 radical (unpaired) electrons. The van der Waals surface area contributed by atoms with Crippen LogP contribution in [0.25, 0.3) is 11.0 Å². The van der Waals surface area contributed by atoms with E-state index >= 15 is 0 Å². The molecule has 2 aromatic rings. The van der Waals surface area contributed by atoms with Crippen molar-refractivity contribution < 1.29 is 4.42 Å². The minimum absolute atomic E-state index is 0.199. The summed E-state index contributed by atoms with van der Waals surface area (Å²) < 4.78 is 5.35. The van der Waals surface area contributed by atoms with Gasteiger partial charge in [-0.1, -0.05) is 12.1 Å². The zero-order chi connectivity index (χ0) is 9.54. The van der Waals surface area contributed by atoms with Crippen LogP contribution in [0.2, 0.25) is 0 Å². The minimum Gasteiger partial charge on any atom is -0.464 e. The van der Waals surface area contributed by atoms with Crippen LogP contribution in [0.3, 0.4) is 0 Å². The average Bonchev–Trinajstić information content (AvgIpc) is 2.95. The molecule has 1 heterocycles. The maximum absolute atomic E-state index is 6.12. The molecule has 0 amide bonds. The molecule has 0 unspecified atom stereocenters. The molecule has 1 saturated carbocycles. The van der Waals surface area contributed by atoms with Crippen molar-refractivity contribution in [1.29, 1.82) is 0 Å². The van der Waals surface area contributed by atoms with Crippen LogP contribution in [0.15, 0.2) is 34.9 Å². The largest absolute Gasteiger partial charge is 0.464 e. The highest BCUT2D eigenvalue weighted by molar-refractivity contribution is 5.77. The lowest BCUT2D eigenvalue weighted by Gasteiger charge is -2.09. The zero-order valence-electron chi connectivity index (χ0n) is 7.94. The van der Waals surface area contributed by atoms with E-state index in [2.05, 4.69) is 18.2 Å². The lowest BCUT2D eigenvalue weighted by molar-refractivity contribution is 0.607. The zero-order valence-corrected chi connectivity index (χ0v) is 7.94. The Morgan fingerprint density at radius 3 is 2.93 bits per heavy atom. The van der Waals surface area contributed by atoms with Gasteiger partial charge in [-0.3, -0.25) is 0 Å². The van der Waals surface area contributed by atoms with Gasteiger partial charge in [0.15, 0.2) is 0 Å². The van der Waals surface area contributed by atoms with Gasteiger partial charge in [0.2, 0.25) is 0 Å². The van der Waals surface area contributed by atoms with Crippen molar-refractivity contribution in [2.24, 2.45) is 11.7 Å². The SMILES string of the molecule is N[C@@H](c1ccc2ccoc2c1)C1CC1. The fourth-order valence-electron chi connectivity index (χ4n) is 1.91. The third-order valence-corrected chi connectivity index (χ3v) is 3.00. The quantitative estimate of drug-likeness (QED) is 0.785.